The van der Waals surface area contributed by atoms with Crippen molar-refractivity contribution >= 4 is 0 Å². The SMILES string of the molecule is CCC(CC)C(O)CNCCCCC(C)(C)C#N. The minimum absolute atomic E-state index is 0.199. The van der Waals surface area contributed by atoms with Gasteiger partial charge < -0.3 is 10.4 Å². The van der Waals surface area contributed by atoms with Crippen LogP contribution in [-0.2, 0) is 0 Å². The van der Waals surface area contributed by atoms with Gasteiger partial charge in [-0.3, -0.25) is 0 Å². The molecule has 0 rings (SSSR count). The van der Waals surface area contributed by atoms with Crippen molar-refractivity contribution in [3.63, 3.8) is 0 Å². The first-order valence-electron chi connectivity index (χ1n) is 7.26. The topological polar surface area (TPSA) is 56.0 Å². The molecular weight excluding hydrogens is 224 g/mol. The Morgan fingerprint density at radius 1 is 1.22 bits per heavy atom. The van der Waals surface area contributed by atoms with Gasteiger partial charge in [-0.15, -0.1) is 0 Å². The Morgan fingerprint density at radius 2 is 1.83 bits per heavy atom. The van der Waals surface area contributed by atoms with Gasteiger partial charge in [0, 0.05) is 6.54 Å². The summed E-state index contributed by atoms with van der Waals surface area (Å²) in [7, 11) is 0. The lowest BCUT2D eigenvalue weighted by Gasteiger charge is -2.20. The quantitative estimate of drug-likeness (QED) is 0.589. The van der Waals surface area contributed by atoms with Gasteiger partial charge in [0.2, 0.25) is 0 Å². The van der Waals surface area contributed by atoms with E-state index >= 15 is 0 Å². The zero-order chi connectivity index (χ0) is 14.0. The van der Waals surface area contributed by atoms with E-state index in [2.05, 4.69) is 25.2 Å². The Kier molecular flexibility index (Phi) is 9.05. The van der Waals surface area contributed by atoms with Gasteiger partial charge in [0.05, 0.1) is 17.6 Å². The number of nitriles is 1. The molecule has 0 saturated carbocycles. The molecule has 0 aliphatic carbocycles. The van der Waals surface area contributed by atoms with Gasteiger partial charge in [-0.25, -0.2) is 0 Å². The monoisotopic (exact) mass is 254 g/mol. The van der Waals surface area contributed by atoms with Crippen LogP contribution in [0.4, 0.5) is 0 Å². The molecule has 1 unspecified atom stereocenters. The second kappa shape index (κ2) is 9.35. The average molecular weight is 254 g/mol. The van der Waals surface area contributed by atoms with Crippen LogP contribution in [0.1, 0.15) is 59.8 Å². The van der Waals surface area contributed by atoms with Crippen LogP contribution in [0.2, 0.25) is 0 Å². The van der Waals surface area contributed by atoms with Gasteiger partial charge in [-0.05, 0) is 39.2 Å². The molecule has 0 bridgehead atoms. The molecular formula is C15H30N2O. The van der Waals surface area contributed by atoms with Crippen molar-refractivity contribution in [2.45, 2.75) is 65.9 Å². The molecule has 0 aromatic rings. The second-order valence-corrected chi connectivity index (χ2v) is 5.80. The number of nitrogens with zero attached hydrogens (tertiary/aromatic N) is 1. The maximum Gasteiger partial charge on any atom is 0.0692 e. The Balaban J connectivity index is 3.55. The van der Waals surface area contributed by atoms with Crippen LogP contribution in [-0.4, -0.2) is 24.3 Å². The molecule has 0 saturated heterocycles. The zero-order valence-electron chi connectivity index (χ0n) is 12.5. The van der Waals surface area contributed by atoms with E-state index in [0.717, 1.165) is 38.6 Å². The highest BCUT2D eigenvalue weighted by atomic mass is 16.3. The van der Waals surface area contributed by atoms with E-state index in [1.54, 1.807) is 0 Å². The smallest absolute Gasteiger partial charge is 0.0692 e. The van der Waals surface area contributed by atoms with Crippen molar-refractivity contribution in [1.29, 1.82) is 5.26 Å². The lowest BCUT2D eigenvalue weighted by Crippen LogP contribution is -2.33. The van der Waals surface area contributed by atoms with Gasteiger partial charge in [-0.1, -0.05) is 33.1 Å². The van der Waals surface area contributed by atoms with Crippen LogP contribution < -0.4 is 5.32 Å². The van der Waals surface area contributed by atoms with Gasteiger partial charge in [-0.2, -0.15) is 5.26 Å². The van der Waals surface area contributed by atoms with Crippen LogP contribution in [0.25, 0.3) is 0 Å². The molecule has 18 heavy (non-hydrogen) atoms. The highest BCUT2D eigenvalue weighted by Gasteiger charge is 2.16. The third-order valence-corrected chi connectivity index (χ3v) is 3.65. The van der Waals surface area contributed by atoms with E-state index in [9.17, 15) is 5.11 Å². The van der Waals surface area contributed by atoms with E-state index in [0.29, 0.717) is 12.5 Å². The van der Waals surface area contributed by atoms with Gasteiger partial charge >= 0.3 is 0 Å². The number of aliphatic hydroxyl groups excluding tert-OH is 1. The van der Waals surface area contributed by atoms with E-state index in [1.807, 2.05) is 13.8 Å². The van der Waals surface area contributed by atoms with Crippen molar-refractivity contribution in [2.24, 2.45) is 11.3 Å². The highest BCUT2D eigenvalue weighted by Crippen LogP contribution is 2.21. The summed E-state index contributed by atoms with van der Waals surface area (Å²) in [6, 6.07) is 2.32. The second-order valence-electron chi connectivity index (χ2n) is 5.80. The predicted molar refractivity (Wildman–Crippen MR) is 76.2 cm³/mol. The molecule has 2 N–H and O–H groups in total. The van der Waals surface area contributed by atoms with Crippen molar-refractivity contribution in [2.75, 3.05) is 13.1 Å². The van der Waals surface area contributed by atoms with Crippen molar-refractivity contribution < 1.29 is 5.11 Å². The van der Waals surface area contributed by atoms with E-state index in [4.69, 9.17) is 5.26 Å². The van der Waals surface area contributed by atoms with Crippen LogP contribution in [0.15, 0.2) is 0 Å². The standard InChI is InChI=1S/C15H30N2O/c1-5-13(6-2)14(18)11-17-10-8-7-9-15(3,4)12-16/h13-14,17-18H,5-11H2,1-4H3. The molecule has 0 heterocycles. The Hall–Kier alpha value is -0.590. The molecule has 0 aliphatic rings. The van der Waals surface area contributed by atoms with E-state index < -0.39 is 0 Å². The first-order chi connectivity index (χ1) is 8.46. The fourth-order valence-corrected chi connectivity index (χ4v) is 2.12. The van der Waals surface area contributed by atoms with Crippen LogP contribution in [0.5, 0.6) is 0 Å². The molecule has 0 spiro atoms. The van der Waals surface area contributed by atoms with Crippen molar-refractivity contribution in [3.8, 4) is 6.07 Å². The fraction of sp³-hybridized carbons (Fsp3) is 0.933. The molecule has 0 radical (unpaired) electrons. The summed E-state index contributed by atoms with van der Waals surface area (Å²) in [5.41, 5.74) is -0.199. The third kappa shape index (κ3) is 7.68. The Morgan fingerprint density at radius 3 is 2.33 bits per heavy atom. The minimum atomic E-state index is -0.226. The van der Waals surface area contributed by atoms with Crippen molar-refractivity contribution in [1.82, 2.24) is 5.32 Å². The summed E-state index contributed by atoms with van der Waals surface area (Å²) in [6.45, 7) is 9.84. The summed E-state index contributed by atoms with van der Waals surface area (Å²) in [6.07, 6.45) is 4.93. The predicted octanol–water partition coefficient (Wildman–Crippen LogP) is 3.09. The highest BCUT2D eigenvalue weighted by molar-refractivity contribution is 4.91. The summed E-state index contributed by atoms with van der Waals surface area (Å²) in [5.74, 6) is 0.412. The normalized spacial score (nSPS) is 13.6. The first-order valence-corrected chi connectivity index (χ1v) is 7.26. The van der Waals surface area contributed by atoms with E-state index in [-0.39, 0.29) is 11.5 Å². The average Bonchev–Trinajstić information content (AvgIpc) is 2.35. The van der Waals surface area contributed by atoms with Crippen LogP contribution >= 0.6 is 0 Å². The number of rotatable bonds is 10. The molecule has 0 aromatic carbocycles. The van der Waals surface area contributed by atoms with Crippen LogP contribution in [0, 0.1) is 22.7 Å². The maximum atomic E-state index is 9.93. The summed E-state index contributed by atoms with van der Waals surface area (Å²) >= 11 is 0. The lowest BCUT2D eigenvalue weighted by molar-refractivity contribution is 0.101. The molecule has 3 heteroatoms. The molecule has 0 fully saturated rings. The fourth-order valence-electron chi connectivity index (χ4n) is 2.12. The molecule has 3 nitrogen and oxygen atoms in total. The number of nitrogens with one attached hydrogen (secondary N) is 1. The molecule has 0 amide bonds. The third-order valence-electron chi connectivity index (χ3n) is 3.65. The minimum Gasteiger partial charge on any atom is -0.392 e. The summed E-state index contributed by atoms with van der Waals surface area (Å²) in [4.78, 5) is 0. The van der Waals surface area contributed by atoms with Crippen molar-refractivity contribution in [3.05, 3.63) is 0 Å². The number of hydrogen-bond donors (Lipinski definition) is 2. The summed E-state index contributed by atoms with van der Waals surface area (Å²) < 4.78 is 0. The van der Waals surface area contributed by atoms with Gasteiger partial charge in [0.25, 0.3) is 0 Å². The maximum absolute atomic E-state index is 9.93. The largest absolute Gasteiger partial charge is 0.392 e. The number of unbranched alkanes of at least 4 members (excludes halogenated alkanes) is 1. The Labute approximate surface area is 113 Å². The van der Waals surface area contributed by atoms with Gasteiger partial charge in [0.15, 0.2) is 0 Å². The lowest BCUT2D eigenvalue weighted by atomic mass is 9.89. The molecule has 1 atom stereocenters. The van der Waals surface area contributed by atoms with Gasteiger partial charge in [0.1, 0.15) is 0 Å². The van der Waals surface area contributed by atoms with Crippen LogP contribution in [0.3, 0.4) is 0 Å². The molecule has 106 valence electrons. The number of hydrogen-bond acceptors (Lipinski definition) is 3. The zero-order valence-corrected chi connectivity index (χ0v) is 12.5. The first kappa shape index (κ1) is 17.4. The van der Waals surface area contributed by atoms with E-state index in [1.165, 1.54) is 0 Å². The molecule has 0 aromatic heterocycles. The molecule has 0 aliphatic heterocycles. The Bertz CT molecular complexity index is 241. The summed E-state index contributed by atoms with van der Waals surface area (Å²) in [5, 5.41) is 22.1. The number of aliphatic hydroxyl groups is 1.